The Morgan fingerprint density at radius 2 is 0.618 bits per heavy atom. The molecule has 11 aromatic rings. The lowest BCUT2D eigenvalue weighted by atomic mass is 9.70. The number of benzene rings is 11. The topological polar surface area (TPSA) is 3.24 Å². The lowest BCUT2D eigenvalue weighted by molar-refractivity contribution is 0.794. The lowest BCUT2D eigenvalue weighted by Gasteiger charge is -2.32. The van der Waals surface area contributed by atoms with Crippen LogP contribution in [0.2, 0.25) is 0 Å². The number of fused-ring (bicyclic) bond motifs is 14. The zero-order valence-corrected chi connectivity index (χ0v) is 37.1. The van der Waals surface area contributed by atoms with E-state index in [2.05, 4.69) is 254 Å². The van der Waals surface area contributed by atoms with Crippen molar-refractivity contribution in [2.45, 2.75) is 5.41 Å². The molecule has 0 atom stereocenters. The number of hydrogen-bond acceptors (Lipinski definition) is 1. The molecule has 6 bridgehead atoms. The van der Waals surface area contributed by atoms with Crippen LogP contribution in [-0.4, -0.2) is 0 Å². The van der Waals surface area contributed by atoms with Crippen molar-refractivity contribution in [2.24, 2.45) is 0 Å². The quantitative estimate of drug-likeness (QED) is 0.167. The second-order valence-electron chi connectivity index (χ2n) is 18.6. The zero-order chi connectivity index (χ0) is 44.5. The molecule has 1 heteroatoms. The van der Waals surface area contributed by atoms with Crippen molar-refractivity contribution in [3.8, 4) is 100 Å². The molecule has 1 nitrogen and oxygen atoms in total. The van der Waals surface area contributed by atoms with Gasteiger partial charge in [0, 0.05) is 16.9 Å². The second-order valence-corrected chi connectivity index (χ2v) is 18.6. The van der Waals surface area contributed by atoms with Gasteiger partial charge in [-0.05, 0) is 153 Å². The Balaban J connectivity index is 0.909. The predicted octanol–water partition coefficient (Wildman–Crippen LogP) is 17.8. The first kappa shape index (κ1) is 37.4. The smallest absolute Gasteiger partial charge is 0.0726 e. The van der Waals surface area contributed by atoms with Crippen molar-refractivity contribution in [2.75, 3.05) is 4.90 Å². The van der Waals surface area contributed by atoms with E-state index in [0.717, 1.165) is 17.1 Å². The highest BCUT2D eigenvalue weighted by Crippen LogP contribution is 2.65. The molecule has 4 aliphatic carbocycles. The van der Waals surface area contributed by atoms with Crippen LogP contribution >= 0.6 is 0 Å². The molecule has 0 unspecified atom stereocenters. The maximum absolute atomic E-state index is 2.48. The number of rotatable bonds is 5. The van der Waals surface area contributed by atoms with Crippen molar-refractivity contribution in [1.29, 1.82) is 0 Å². The molecule has 0 fully saturated rings. The van der Waals surface area contributed by atoms with Gasteiger partial charge in [0.05, 0.1) is 11.1 Å². The molecule has 0 aliphatic heterocycles. The van der Waals surface area contributed by atoms with Crippen LogP contribution in [0.25, 0.3) is 100 Å². The summed E-state index contributed by atoms with van der Waals surface area (Å²) >= 11 is 0. The third-order valence-corrected chi connectivity index (χ3v) is 15.4. The Morgan fingerprint density at radius 1 is 0.221 bits per heavy atom. The summed E-state index contributed by atoms with van der Waals surface area (Å²) < 4.78 is 0. The first-order valence-corrected chi connectivity index (χ1v) is 23.8. The van der Waals surface area contributed by atoms with E-state index in [4.69, 9.17) is 0 Å². The normalized spacial score (nSPS) is 13.1. The van der Waals surface area contributed by atoms with E-state index in [1.54, 1.807) is 0 Å². The minimum atomic E-state index is -0.435. The van der Waals surface area contributed by atoms with Crippen LogP contribution in [0.4, 0.5) is 17.1 Å². The zero-order valence-electron chi connectivity index (χ0n) is 37.1. The van der Waals surface area contributed by atoms with E-state index in [0.29, 0.717) is 0 Å². The van der Waals surface area contributed by atoms with Crippen molar-refractivity contribution in [3.05, 3.63) is 271 Å². The largest absolute Gasteiger partial charge is 0.310 e. The van der Waals surface area contributed by atoms with Gasteiger partial charge in [0.15, 0.2) is 0 Å². The van der Waals surface area contributed by atoms with Crippen LogP contribution in [0.5, 0.6) is 0 Å². The van der Waals surface area contributed by atoms with Crippen LogP contribution in [0.15, 0.2) is 249 Å². The fraction of sp³-hybridized carbons (Fsp3) is 0.0149. The molecular weight excluding hydrogens is 819 g/mol. The summed E-state index contributed by atoms with van der Waals surface area (Å²) in [4.78, 5) is 2.48. The SMILES string of the molecule is c1ccc(-c2ccc(N(c3ccc(-c4ccc5c(c4)-c4c6cccc4-c4cccc-5c4-c4ccccc4-6)cc3)c3cccc4c3-c3ccccc3C43c4ccccc4-c4ccccc43)cc2)cc1. The first-order chi connectivity index (χ1) is 33.8. The lowest BCUT2D eigenvalue weighted by Crippen LogP contribution is -2.26. The average Bonchev–Trinajstić information content (AvgIpc) is 3.85. The van der Waals surface area contributed by atoms with Gasteiger partial charge in [-0.25, -0.2) is 0 Å². The summed E-state index contributed by atoms with van der Waals surface area (Å²) in [5.74, 6) is 0. The van der Waals surface area contributed by atoms with Crippen LogP contribution in [0.1, 0.15) is 22.3 Å². The Bertz CT molecular complexity index is 3830. The summed E-state index contributed by atoms with van der Waals surface area (Å²) in [5, 5.41) is 0. The van der Waals surface area contributed by atoms with Crippen LogP contribution in [0, 0.1) is 0 Å². The molecule has 0 N–H and O–H groups in total. The molecule has 15 rings (SSSR count). The average molecular weight is 860 g/mol. The van der Waals surface area contributed by atoms with E-state index >= 15 is 0 Å². The van der Waals surface area contributed by atoms with Crippen LogP contribution < -0.4 is 4.90 Å². The summed E-state index contributed by atoms with van der Waals surface area (Å²) in [5.41, 5.74) is 31.3. The third kappa shape index (κ3) is 5.00. The molecule has 1 spiro atoms. The van der Waals surface area contributed by atoms with Gasteiger partial charge in [-0.3, -0.25) is 0 Å². The molecule has 0 heterocycles. The van der Waals surface area contributed by atoms with Crippen LogP contribution in [-0.2, 0) is 5.41 Å². The molecule has 68 heavy (non-hydrogen) atoms. The van der Waals surface area contributed by atoms with Crippen molar-refractivity contribution in [1.82, 2.24) is 0 Å². The van der Waals surface area contributed by atoms with E-state index < -0.39 is 5.41 Å². The van der Waals surface area contributed by atoms with E-state index in [9.17, 15) is 0 Å². The van der Waals surface area contributed by atoms with Gasteiger partial charge in [0.25, 0.3) is 0 Å². The molecule has 0 amide bonds. The highest BCUT2D eigenvalue weighted by atomic mass is 15.1. The van der Waals surface area contributed by atoms with Gasteiger partial charge in [-0.2, -0.15) is 0 Å². The fourth-order valence-electron chi connectivity index (χ4n) is 12.7. The summed E-state index contributed by atoms with van der Waals surface area (Å²) in [6, 6.07) is 93.1. The predicted molar refractivity (Wildman–Crippen MR) is 283 cm³/mol. The number of anilines is 3. The highest BCUT2D eigenvalue weighted by molar-refractivity contribution is 6.15. The van der Waals surface area contributed by atoms with Gasteiger partial charge < -0.3 is 4.90 Å². The minimum absolute atomic E-state index is 0.435. The molecule has 0 aromatic heterocycles. The molecule has 0 radical (unpaired) electrons. The Morgan fingerprint density at radius 3 is 1.24 bits per heavy atom. The van der Waals surface area contributed by atoms with Crippen molar-refractivity contribution < 1.29 is 0 Å². The Kier molecular flexibility index (Phi) is 7.77. The first-order valence-electron chi connectivity index (χ1n) is 23.8. The second kappa shape index (κ2) is 14.1. The van der Waals surface area contributed by atoms with E-state index in [-0.39, 0.29) is 0 Å². The van der Waals surface area contributed by atoms with E-state index in [1.807, 2.05) is 0 Å². The summed E-state index contributed by atoms with van der Waals surface area (Å²) in [6.45, 7) is 0. The van der Waals surface area contributed by atoms with Crippen molar-refractivity contribution in [3.63, 3.8) is 0 Å². The number of nitrogens with zero attached hydrogens (tertiary/aromatic N) is 1. The molecule has 0 saturated heterocycles. The monoisotopic (exact) mass is 859 g/mol. The third-order valence-electron chi connectivity index (χ3n) is 15.4. The van der Waals surface area contributed by atoms with Gasteiger partial charge in [0.1, 0.15) is 0 Å². The standard InChI is InChI=1S/C67H41N/c1-2-15-42(16-3-1)43-31-36-46(37-32-43)68(63-30-14-29-62-66(63)57-21-8-11-28-61(57)67(62)59-26-9-6-18-50(59)51-19-7-10-27-60(51)67)47-38-33-44(34-39-47)45-35-40-49-54-23-13-24-55-56-25-12-22-53(65(56)58(49)41-45)48-17-4-5-20-52(48)64(54)55/h1-41H. The summed E-state index contributed by atoms with van der Waals surface area (Å²) in [6.07, 6.45) is 0. The molecule has 4 aliphatic rings. The minimum Gasteiger partial charge on any atom is -0.310 e. The molecular formula is C67H41N. The van der Waals surface area contributed by atoms with Gasteiger partial charge >= 0.3 is 0 Å². The summed E-state index contributed by atoms with van der Waals surface area (Å²) in [7, 11) is 0. The van der Waals surface area contributed by atoms with Gasteiger partial charge in [-0.1, -0.05) is 212 Å². The van der Waals surface area contributed by atoms with Gasteiger partial charge in [-0.15, -0.1) is 0 Å². The highest BCUT2D eigenvalue weighted by Gasteiger charge is 2.52. The molecule has 314 valence electrons. The number of hydrogen-bond donors (Lipinski definition) is 0. The van der Waals surface area contributed by atoms with E-state index in [1.165, 1.54) is 122 Å². The van der Waals surface area contributed by atoms with Crippen LogP contribution in [0.3, 0.4) is 0 Å². The van der Waals surface area contributed by atoms with Crippen molar-refractivity contribution >= 4 is 17.1 Å². The molecule has 11 aromatic carbocycles. The maximum atomic E-state index is 2.48. The Labute approximate surface area is 396 Å². The molecule has 0 saturated carbocycles. The maximum Gasteiger partial charge on any atom is 0.0726 e. The van der Waals surface area contributed by atoms with Gasteiger partial charge in [0.2, 0.25) is 0 Å². The fourth-order valence-corrected chi connectivity index (χ4v) is 12.7. The Hall–Kier alpha value is -8.78.